The standard InChI is InChI=1S/C15H17NO3/c1-15(8-19-9-15)6-11(14(17)18)12-7-16-13-5-3-2-4-10(12)13/h2-5,7,11,16H,6,8-9H2,1H3,(H,17,18). The molecule has 0 radical (unpaired) electrons. The Bertz CT molecular complexity index is 613. The number of ether oxygens (including phenoxy) is 1. The number of carboxylic acids is 1. The molecule has 0 saturated carbocycles. The molecule has 100 valence electrons. The van der Waals surface area contributed by atoms with Gasteiger partial charge < -0.3 is 14.8 Å². The summed E-state index contributed by atoms with van der Waals surface area (Å²) in [4.78, 5) is 14.8. The third kappa shape index (κ3) is 2.12. The first kappa shape index (κ1) is 12.2. The van der Waals surface area contributed by atoms with Crippen LogP contribution in [0.1, 0.15) is 24.8 Å². The first-order chi connectivity index (χ1) is 9.09. The first-order valence-corrected chi connectivity index (χ1v) is 6.46. The molecule has 2 heterocycles. The molecule has 1 saturated heterocycles. The molecule has 0 bridgehead atoms. The van der Waals surface area contributed by atoms with Crippen LogP contribution >= 0.6 is 0 Å². The van der Waals surface area contributed by atoms with E-state index in [9.17, 15) is 9.90 Å². The van der Waals surface area contributed by atoms with Crippen LogP contribution in [0.2, 0.25) is 0 Å². The predicted molar refractivity (Wildman–Crippen MR) is 72.2 cm³/mol. The number of benzene rings is 1. The summed E-state index contributed by atoms with van der Waals surface area (Å²) in [6.45, 7) is 3.39. The van der Waals surface area contributed by atoms with Gasteiger partial charge in [-0.15, -0.1) is 0 Å². The van der Waals surface area contributed by atoms with Crippen LogP contribution in [0.5, 0.6) is 0 Å². The summed E-state index contributed by atoms with van der Waals surface area (Å²) in [6.07, 6.45) is 2.44. The molecule has 3 rings (SSSR count). The second kappa shape index (κ2) is 4.38. The second-order valence-electron chi connectivity index (χ2n) is 5.69. The summed E-state index contributed by atoms with van der Waals surface area (Å²) in [5.41, 5.74) is 1.84. The summed E-state index contributed by atoms with van der Waals surface area (Å²) in [5.74, 6) is -1.25. The van der Waals surface area contributed by atoms with E-state index < -0.39 is 11.9 Å². The molecule has 1 aliphatic rings. The highest BCUT2D eigenvalue weighted by molar-refractivity contribution is 5.89. The quantitative estimate of drug-likeness (QED) is 0.887. The van der Waals surface area contributed by atoms with Gasteiger partial charge in [0.05, 0.1) is 19.1 Å². The Morgan fingerprint density at radius 2 is 2.21 bits per heavy atom. The van der Waals surface area contributed by atoms with Crippen LogP contribution in [0.4, 0.5) is 0 Å². The van der Waals surface area contributed by atoms with Crippen molar-refractivity contribution in [3.05, 3.63) is 36.0 Å². The fourth-order valence-electron chi connectivity index (χ4n) is 2.77. The molecular formula is C15H17NO3. The number of nitrogens with one attached hydrogen (secondary N) is 1. The lowest BCUT2D eigenvalue weighted by Gasteiger charge is -2.39. The van der Waals surface area contributed by atoms with Crippen LogP contribution < -0.4 is 0 Å². The zero-order valence-corrected chi connectivity index (χ0v) is 10.8. The van der Waals surface area contributed by atoms with E-state index in [1.165, 1.54) is 0 Å². The maximum absolute atomic E-state index is 11.6. The number of carbonyl (C=O) groups is 1. The number of aromatic nitrogens is 1. The highest BCUT2D eigenvalue weighted by Gasteiger charge is 2.39. The van der Waals surface area contributed by atoms with E-state index in [0.717, 1.165) is 16.5 Å². The Morgan fingerprint density at radius 1 is 1.47 bits per heavy atom. The van der Waals surface area contributed by atoms with Crippen molar-refractivity contribution in [1.82, 2.24) is 4.98 Å². The van der Waals surface area contributed by atoms with Gasteiger partial charge in [0.2, 0.25) is 0 Å². The van der Waals surface area contributed by atoms with Gasteiger partial charge in [0.25, 0.3) is 0 Å². The molecule has 1 aromatic heterocycles. The number of aromatic amines is 1. The van der Waals surface area contributed by atoms with Gasteiger partial charge in [-0.1, -0.05) is 25.1 Å². The highest BCUT2D eigenvalue weighted by Crippen LogP contribution is 2.39. The molecule has 1 aliphatic heterocycles. The lowest BCUT2D eigenvalue weighted by molar-refractivity contribution is -0.145. The summed E-state index contributed by atoms with van der Waals surface area (Å²) in [6, 6.07) is 7.81. The molecule has 1 aromatic carbocycles. The molecule has 2 aromatic rings. The van der Waals surface area contributed by atoms with Gasteiger partial charge >= 0.3 is 5.97 Å². The Morgan fingerprint density at radius 3 is 2.84 bits per heavy atom. The van der Waals surface area contributed by atoms with Crippen LogP contribution in [0, 0.1) is 5.41 Å². The number of aliphatic carboxylic acids is 1. The molecule has 1 atom stereocenters. The summed E-state index contributed by atoms with van der Waals surface area (Å²) < 4.78 is 5.22. The SMILES string of the molecule is CC1(CC(C(=O)O)c2c[nH]c3ccccc23)COC1. The number of H-pyrrole nitrogens is 1. The molecule has 4 heteroatoms. The number of carboxylic acid groups (broad SMARTS) is 1. The zero-order chi connectivity index (χ0) is 13.5. The summed E-state index contributed by atoms with van der Waals surface area (Å²) >= 11 is 0. The largest absolute Gasteiger partial charge is 0.481 e. The van der Waals surface area contributed by atoms with Gasteiger partial charge in [-0.3, -0.25) is 4.79 Å². The third-order valence-electron chi connectivity index (χ3n) is 3.89. The van der Waals surface area contributed by atoms with E-state index in [2.05, 4.69) is 11.9 Å². The average Bonchev–Trinajstić information content (AvgIpc) is 2.77. The summed E-state index contributed by atoms with van der Waals surface area (Å²) in [5, 5.41) is 10.5. The normalized spacial score (nSPS) is 19.0. The van der Waals surface area contributed by atoms with Gasteiger partial charge in [0.1, 0.15) is 0 Å². The minimum Gasteiger partial charge on any atom is -0.481 e. The number of fused-ring (bicyclic) bond motifs is 1. The summed E-state index contributed by atoms with van der Waals surface area (Å²) in [7, 11) is 0. The van der Waals surface area contributed by atoms with E-state index in [4.69, 9.17) is 4.74 Å². The van der Waals surface area contributed by atoms with Crippen molar-refractivity contribution in [2.45, 2.75) is 19.3 Å². The number of para-hydroxylation sites is 1. The van der Waals surface area contributed by atoms with Crippen molar-refractivity contribution in [3.8, 4) is 0 Å². The van der Waals surface area contributed by atoms with Crippen LogP contribution in [-0.4, -0.2) is 29.3 Å². The molecule has 1 unspecified atom stereocenters. The number of hydrogen-bond acceptors (Lipinski definition) is 2. The Balaban J connectivity index is 1.97. The fraction of sp³-hybridized carbons (Fsp3) is 0.400. The average molecular weight is 259 g/mol. The molecule has 2 N–H and O–H groups in total. The van der Waals surface area contributed by atoms with Gasteiger partial charge in [-0.2, -0.15) is 0 Å². The van der Waals surface area contributed by atoms with E-state index in [0.29, 0.717) is 19.6 Å². The molecule has 4 nitrogen and oxygen atoms in total. The Labute approximate surface area is 111 Å². The maximum atomic E-state index is 11.6. The molecule has 0 spiro atoms. The number of rotatable bonds is 4. The molecule has 19 heavy (non-hydrogen) atoms. The predicted octanol–water partition coefficient (Wildman–Crippen LogP) is 2.76. The minimum atomic E-state index is -0.766. The van der Waals surface area contributed by atoms with Gasteiger partial charge in [-0.25, -0.2) is 0 Å². The van der Waals surface area contributed by atoms with Crippen LogP contribution in [0.25, 0.3) is 10.9 Å². The van der Waals surface area contributed by atoms with Crippen LogP contribution in [0.3, 0.4) is 0 Å². The first-order valence-electron chi connectivity index (χ1n) is 6.46. The second-order valence-corrected chi connectivity index (χ2v) is 5.69. The molecule has 0 aliphatic carbocycles. The topological polar surface area (TPSA) is 62.3 Å². The van der Waals surface area contributed by atoms with Crippen molar-refractivity contribution in [3.63, 3.8) is 0 Å². The lowest BCUT2D eigenvalue weighted by Crippen LogP contribution is -2.41. The van der Waals surface area contributed by atoms with Crippen molar-refractivity contribution in [2.24, 2.45) is 5.41 Å². The van der Waals surface area contributed by atoms with Crippen molar-refractivity contribution >= 4 is 16.9 Å². The molecule has 1 fully saturated rings. The highest BCUT2D eigenvalue weighted by atomic mass is 16.5. The Hall–Kier alpha value is -1.81. The van der Waals surface area contributed by atoms with Crippen molar-refractivity contribution < 1.29 is 14.6 Å². The fourth-order valence-corrected chi connectivity index (χ4v) is 2.77. The van der Waals surface area contributed by atoms with Gasteiger partial charge in [0.15, 0.2) is 0 Å². The maximum Gasteiger partial charge on any atom is 0.311 e. The monoisotopic (exact) mass is 259 g/mol. The Kier molecular flexibility index (Phi) is 2.82. The number of hydrogen-bond donors (Lipinski definition) is 2. The third-order valence-corrected chi connectivity index (χ3v) is 3.89. The van der Waals surface area contributed by atoms with E-state index in [-0.39, 0.29) is 5.41 Å². The van der Waals surface area contributed by atoms with Crippen LogP contribution in [0.15, 0.2) is 30.5 Å². The van der Waals surface area contributed by atoms with Crippen molar-refractivity contribution in [2.75, 3.05) is 13.2 Å². The van der Waals surface area contributed by atoms with Crippen LogP contribution in [-0.2, 0) is 9.53 Å². The molecule has 0 amide bonds. The molecular weight excluding hydrogens is 242 g/mol. The smallest absolute Gasteiger partial charge is 0.311 e. The zero-order valence-electron chi connectivity index (χ0n) is 10.8. The van der Waals surface area contributed by atoms with E-state index in [1.54, 1.807) is 0 Å². The van der Waals surface area contributed by atoms with E-state index in [1.807, 2.05) is 30.5 Å². The van der Waals surface area contributed by atoms with Crippen molar-refractivity contribution in [1.29, 1.82) is 0 Å². The lowest BCUT2D eigenvalue weighted by atomic mass is 9.77. The van der Waals surface area contributed by atoms with Gasteiger partial charge in [-0.05, 0) is 18.1 Å². The van der Waals surface area contributed by atoms with Gasteiger partial charge in [0, 0.05) is 22.5 Å². The minimum absolute atomic E-state index is 0.0125. The van der Waals surface area contributed by atoms with E-state index >= 15 is 0 Å².